The number of nitrogens with zero attached hydrogens (tertiary/aromatic N) is 1. The smallest absolute Gasteiger partial charge is 0.269 e. The lowest BCUT2D eigenvalue weighted by molar-refractivity contribution is -0.206. The molecule has 14 heavy (non-hydrogen) atoms. The largest absolute Gasteiger partial charge is 0.491 e. The quantitative estimate of drug-likeness (QED) is 0.690. The third-order valence-corrected chi connectivity index (χ3v) is 1.88. The highest BCUT2D eigenvalue weighted by Gasteiger charge is 2.31. The maximum atomic E-state index is 12.1. The molecule has 0 saturated carbocycles. The summed E-state index contributed by atoms with van der Waals surface area (Å²) in [6, 6.07) is 2.32. The van der Waals surface area contributed by atoms with Gasteiger partial charge in [0.05, 0.1) is 0 Å². The molecule has 0 unspecified atom stereocenters. The second-order valence-electron chi connectivity index (χ2n) is 3.29. The summed E-state index contributed by atoms with van der Waals surface area (Å²) in [7, 11) is 0. The zero-order chi connectivity index (χ0) is 10.9. The summed E-state index contributed by atoms with van der Waals surface area (Å²) < 4.78 is 36.2. The molecule has 0 atom stereocenters. The summed E-state index contributed by atoms with van der Waals surface area (Å²) in [5.74, 6) is 0.0468. The fourth-order valence-electron chi connectivity index (χ4n) is 1.06. The Morgan fingerprint density at radius 2 is 1.93 bits per heavy atom. The summed E-state index contributed by atoms with van der Waals surface area (Å²) in [5, 5.41) is 0. The number of rotatable bonds is 1. The van der Waals surface area contributed by atoms with Crippen molar-refractivity contribution in [1.82, 2.24) is 4.57 Å². The minimum absolute atomic E-state index is 0.0468. The summed E-state index contributed by atoms with van der Waals surface area (Å²) in [5.41, 5.74) is -0.431. The van der Waals surface area contributed by atoms with Gasteiger partial charge < -0.3 is 0 Å². The predicted octanol–water partition coefficient (Wildman–Crippen LogP) is 2.45. The topological polar surface area (TPSA) is 22.0 Å². The highest BCUT2D eigenvalue weighted by molar-refractivity contribution is 5.15. The molecule has 78 valence electrons. The van der Waals surface area contributed by atoms with Gasteiger partial charge in [-0.25, -0.2) is 4.57 Å². The van der Waals surface area contributed by atoms with Gasteiger partial charge in [-0.3, -0.25) is 4.79 Å². The van der Waals surface area contributed by atoms with Crippen LogP contribution in [0.1, 0.15) is 25.3 Å². The number of aromatic nitrogens is 1. The van der Waals surface area contributed by atoms with Crippen molar-refractivity contribution in [3.63, 3.8) is 0 Å². The van der Waals surface area contributed by atoms with Gasteiger partial charge in [0.15, 0.2) is 0 Å². The molecular formula is C9H10F3NO. The van der Waals surface area contributed by atoms with Gasteiger partial charge in [-0.05, 0) is 17.5 Å². The molecule has 0 aliphatic heterocycles. The predicted molar refractivity (Wildman–Crippen MR) is 46.1 cm³/mol. The number of alkyl halides is 3. The van der Waals surface area contributed by atoms with E-state index < -0.39 is 11.9 Å². The highest BCUT2D eigenvalue weighted by atomic mass is 19.4. The van der Waals surface area contributed by atoms with E-state index in [-0.39, 0.29) is 10.5 Å². The third-order valence-electron chi connectivity index (χ3n) is 1.88. The monoisotopic (exact) mass is 205 g/mol. The summed E-state index contributed by atoms with van der Waals surface area (Å²) in [6.45, 7) is 3.62. The first kappa shape index (κ1) is 10.8. The van der Waals surface area contributed by atoms with Crippen LogP contribution < -0.4 is 5.56 Å². The van der Waals surface area contributed by atoms with Gasteiger partial charge in [0.25, 0.3) is 5.56 Å². The minimum Gasteiger partial charge on any atom is -0.269 e. The van der Waals surface area contributed by atoms with Crippen LogP contribution in [0, 0.1) is 0 Å². The molecule has 0 saturated heterocycles. The van der Waals surface area contributed by atoms with Crippen molar-refractivity contribution < 1.29 is 13.2 Å². The van der Waals surface area contributed by atoms with Crippen molar-refractivity contribution in [3.8, 4) is 0 Å². The fraction of sp³-hybridized carbons (Fsp3) is 0.444. The Balaban J connectivity index is 3.22. The number of pyridine rings is 1. The molecule has 1 aromatic rings. The van der Waals surface area contributed by atoms with Crippen LogP contribution >= 0.6 is 0 Å². The van der Waals surface area contributed by atoms with E-state index in [1.54, 1.807) is 0 Å². The second-order valence-corrected chi connectivity index (χ2v) is 3.29. The normalized spacial score (nSPS) is 12.1. The van der Waals surface area contributed by atoms with E-state index in [9.17, 15) is 18.0 Å². The Kier molecular flexibility index (Phi) is 2.69. The number of halogens is 3. The average Bonchev–Trinajstić information content (AvgIpc) is 2.01. The van der Waals surface area contributed by atoms with Crippen molar-refractivity contribution in [2.45, 2.75) is 26.1 Å². The van der Waals surface area contributed by atoms with Gasteiger partial charge in [0.1, 0.15) is 0 Å². The van der Waals surface area contributed by atoms with E-state index in [1.807, 2.05) is 13.8 Å². The molecule has 0 bridgehead atoms. The molecule has 1 heterocycles. The van der Waals surface area contributed by atoms with E-state index in [2.05, 4.69) is 0 Å². The Labute approximate surface area is 79.0 Å². The third kappa shape index (κ3) is 2.16. The first-order valence-electron chi connectivity index (χ1n) is 4.12. The van der Waals surface area contributed by atoms with Crippen molar-refractivity contribution in [2.24, 2.45) is 0 Å². The maximum absolute atomic E-state index is 12.1. The van der Waals surface area contributed by atoms with E-state index >= 15 is 0 Å². The van der Waals surface area contributed by atoms with E-state index in [0.717, 1.165) is 12.3 Å². The molecule has 1 rings (SSSR count). The van der Waals surface area contributed by atoms with Crippen LogP contribution in [0.15, 0.2) is 23.1 Å². The van der Waals surface area contributed by atoms with Gasteiger partial charge in [0.2, 0.25) is 0 Å². The standard InChI is InChI=1S/C9H10F3NO/c1-6(2)7-3-4-13(8(14)5-7)9(10,11)12/h3-6H,1-2H3. The van der Waals surface area contributed by atoms with E-state index in [1.165, 1.54) is 6.07 Å². The van der Waals surface area contributed by atoms with Crippen molar-refractivity contribution in [1.29, 1.82) is 0 Å². The lowest BCUT2D eigenvalue weighted by atomic mass is 10.1. The maximum Gasteiger partial charge on any atom is 0.491 e. The molecule has 0 aromatic carbocycles. The van der Waals surface area contributed by atoms with Crippen LogP contribution in [0.4, 0.5) is 13.2 Å². The Morgan fingerprint density at radius 1 is 1.36 bits per heavy atom. The van der Waals surface area contributed by atoms with E-state index in [4.69, 9.17) is 0 Å². The molecule has 0 amide bonds. The van der Waals surface area contributed by atoms with Gasteiger partial charge in [-0.1, -0.05) is 13.8 Å². The zero-order valence-corrected chi connectivity index (χ0v) is 7.80. The highest BCUT2D eigenvalue weighted by Crippen LogP contribution is 2.20. The van der Waals surface area contributed by atoms with Gasteiger partial charge in [-0.2, -0.15) is 0 Å². The second kappa shape index (κ2) is 3.48. The SMILES string of the molecule is CC(C)c1ccn(C(F)(F)F)c(=O)c1. The number of hydrogen-bond acceptors (Lipinski definition) is 1. The molecule has 0 spiro atoms. The molecule has 0 N–H and O–H groups in total. The van der Waals surface area contributed by atoms with Gasteiger partial charge >= 0.3 is 6.30 Å². The Hall–Kier alpha value is -1.26. The van der Waals surface area contributed by atoms with Crippen LogP contribution in [0.3, 0.4) is 0 Å². The molecule has 0 radical (unpaired) electrons. The summed E-state index contributed by atoms with van der Waals surface area (Å²) in [6.07, 6.45) is -3.87. The molecular weight excluding hydrogens is 195 g/mol. The molecule has 0 aliphatic rings. The van der Waals surface area contributed by atoms with Gasteiger partial charge in [0, 0.05) is 12.3 Å². The molecule has 0 fully saturated rings. The van der Waals surface area contributed by atoms with Crippen LogP contribution in [0.25, 0.3) is 0 Å². The van der Waals surface area contributed by atoms with Gasteiger partial charge in [-0.15, -0.1) is 13.2 Å². The first-order chi connectivity index (χ1) is 6.32. The minimum atomic E-state index is -4.63. The number of hydrogen-bond donors (Lipinski definition) is 0. The lowest BCUT2D eigenvalue weighted by Crippen LogP contribution is -2.29. The summed E-state index contributed by atoms with van der Waals surface area (Å²) in [4.78, 5) is 11.0. The van der Waals surface area contributed by atoms with E-state index in [0.29, 0.717) is 5.56 Å². The van der Waals surface area contributed by atoms with Crippen molar-refractivity contribution in [3.05, 3.63) is 34.2 Å². The van der Waals surface area contributed by atoms with Crippen molar-refractivity contribution in [2.75, 3.05) is 0 Å². The molecule has 1 aromatic heterocycles. The molecule has 2 nitrogen and oxygen atoms in total. The Bertz CT molecular complexity index is 378. The van der Waals surface area contributed by atoms with Crippen LogP contribution in [0.5, 0.6) is 0 Å². The molecule has 0 aliphatic carbocycles. The fourth-order valence-corrected chi connectivity index (χ4v) is 1.06. The molecule has 5 heteroatoms. The lowest BCUT2D eigenvalue weighted by Gasteiger charge is -2.11. The van der Waals surface area contributed by atoms with Crippen molar-refractivity contribution >= 4 is 0 Å². The first-order valence-corrected chi connectivity index (χ1v) is 4.12. The average molecular weight is 205 g/mol. The van der Waals surface area contributed by atoms with Crippen LogP contribution in [0.2, 0.25) is 0 Å². The van der Waals surface area contributed by atoms with Crippen LogP contribution in [-0.2, 0) is 6.30 Å². The Morgan fingerprint density at radius 3 is 2.29 bits per heavy atom. The summed E-state index contributed by atoms with van der Waals surface area (Å²) >= 11 is 0. The zero-order valence-electron chi connectivity index (χ0n) is 7.80. The van der Waals surface area contributed by atoms with Crippen LogP contribution in [-0.4, -0.2) is 4.57 Å².